The van der Waals surface area contributed by atoms with E-state index in [2.05, 4.69) is 20.3 Å². The molecule has 1 fully saturated rings. The van der Waals surface area contributed by atoms with Gasteiger partial charge in [0.1, 0.15) is 12.0 Å². The Labute approximate surface area is 169 Å². The summed E-state index contributed by atoms with van der Waals surface area (Å²) in [4.78, 5) is 35.5. The van der Waals surface area contributed by atoms with E-state index in [1.54, 1.807) is 0 Å². The van der Waals surface area contributed by atoms with Crippen LogP contribution < -0.4 is 10.9 Å². The first-order chi connectivity index (χ1) is 14.4. The van der Waals surface area contributed by atoms with Gasteiger partial charge < -0.3 is 10.4 Å². The zero-order chi connectivity index (χ0) is 21.3. The number of aromatic carboxylic acids is 1. The van der Waals surface area contributed by atoms with Gasteiger partial charge >= 0.3 is 5.97 Å². The summed E-state index contributed by atoms with van der Waals surface area (Å²) in [6.45, 7) is 0.190. The Morgan fingerprint density at radius 3 is 2.60 bits per heavy atom. The smallest absolute Gasteiger partial charge is 0.337 e. The minimum Gasteiger partial charge on any atom is -0.478 e. The maximum atomic E-state index is 14.2. The van der Waals surface area contributed by atoms with Crippen molar-refractivity contribution < 1.29 is 18.7 Å². The van der Waals surface area contributed by atoms with Crippen molar-refractivity contribution in [1.82, 2.24) is 19.5 Å². The Morgan fingerprint density at radius 1 is 1.23 bits per heavy atom. The number of pyridine rings is 2. The van der Waals surface area contributed by atoms with Crippen LogP contribution >= 0.6 is 0 Å². The third kappa shape index (κ3) is 3.63. The molecule has 0 bridgehead atoms. The van der Waals surface area contributed by atoms with Crippen molar-refractivity contribution in [1.29, 1.82) is 0 Å². The number of alkyl halides is 1. The van der Waals surface area contributed by atoms with Crippen molar-refractivity contribution in [2.24, 2.45) is 0 Å². The third-order valence-electron chi connectivity index (χ3n) is 5.14. The standard InChI is InChI=1S/C20H17F2N5O3/c21-13-6-20(7-13,17-15(22)2-1-5-23-17)11-26-19-24-8-14(9-25-19)27-10-12(18(29)30)3-4-16(27)28/h1-5,8-10,13H,6-7,11H2,(H,29,30)(H,24,25,26)/t13-,20-. The van der Waals surface area contributed by atoms with E-state index in [4.69, 9.17) is 5.11 Å². The molecule has 0 aliphatic heterocycles. The minimum atomic E-state index is -1.17. The summed E-state index contributed by atoms with van der Waals surface area (Å²) >= 11 is 0. The molecular formula is C20H17F2N5O3. The molecule has 0 aromatic carbocycles. The fourth-order valence-corrected chi connectivity index (χ4v) is 3.59. The highest BCUT2D eigenvalue weighted by Gasteiger charge is 2.48. The molecule has 3 aromatic heterocycles. The summed E-state index contributed by atoms with van der Waals surface area (Å²) in [5.74, 6) is -1.44. The maximum absolute atomic E-state index is 14.2. The average Bonchev–Trinajstić information content (AvgIpc) is 2.71. The van der Waals surface area contributed by atoms with Gasteiger partial charge in [-0.1, -0.05) is 0 Å². The van der Waals surface area contributed by atoms with E-state index in [-0.39, 0.29) is 42.3 Å². The SMILES string of the molecule is O=C(O)c1ccc(=O)n(-c2cnc(NC[C@]3(c4ncccc4F)C[C@H](F)C3)nc2)c1. The number of nitrogens with one attached hydrogen (secondary N) is 1. The number of anilines is 1. The summed E-state index contributed by atoms with van der Waals surface area (Å²) in [6, 6.07) is 5.13. The molecule has 0 unspecified atom stereocenters. The van der Waals surface area contributed by atoms with Crippen molar-refractivity contribution in [2.45, 2.75) is 24.4 Å². The largest absolute Gasteiger partial charge is 0.478 e. The molecule has 0 atom stereocenters. The lowest BCUT2D eigenvalue weighted by Gasteiger charge is -2.43. The summed E-state index contributed by atoms with van der Waals surface area (Å²) < 4.78 is 29.0. The van der Waals surface area contributed by atoms with Gasteiger partial charge in [0.05, 0.1) is 29.3 Å². The van der Waals surface area contributed by atoms with Gasteiger partial charge in [-0.25, -0.2) is 23.5 Å². The van der Waals surface area contributed by atoms with E-state index >= 15 is 0 Å². The molecule has 10 heteroatoms. The van der Waals surface area contributed by atoms with Gasteiger partial charge in [0.15, 0.2) is 0 Å². The lowest BCUT2D eigenvalue weighted by molar-refractivity contribution is 0.0696. The summed E-state index contributed by atoms with van der Waals surface area (Å²) in [7, 11) is 0. The van der Waals surface area contributed by atoms with Crippen LogP contribution in [0.3, 0.4) is 0 Å². The van der Waals surface area contributed by atoms with Crippen molar-refractivity contribution in [3.05, 3.63) is 76.5 Å². The fourth-order valence-electron chi connectivity index (χ4n) is 3.59. The quantitative estimate of drug-likeness (QED) is 0.638. The predicted molar refractivity (Wildman–Crippen MR) is 103 cm³/mol. The monoisotopic (exact) mass is 413 g/mol. The van der Waals surface area contributed by atoms with Gasteiger partial charge in [-0.15, -0.1) is 0 Å². The van der Waals surface area contributed by atoms with Crippen molar-refractivity contribution in [3.8, 4) is 5.69 Å². The number of carboxylic acid groups (broad SMARTS) is 1. The highest BCUT2D eigenvalue weighted by atomic mass is 19.1. The molecule has 0 saturated heterocycles. The van der Waals surface area contributed by atoms with Crippen LogP contribution in [0.2, 0.25) is 0 Å². The molecular weight excluding hydrogens is 396 g/mol. The summed E-state index contributed by atoms with van der Waals surface area (Å²) in [5.41, 5.74) is -0.787. The Kier molecular flexibility index (Phi) is 4.98. The zero-order valence-corrected chi connectivity index (χ0v) is 15.6. The molecule has 3 aromatic rings. The number of hydrogen-bond donors (Lipinski definition) is 2. The average molecular weight is 413 g/mol. The predicted octanol–water partition coefficient (Wildman–Crippen LogP) is 2.34. The first-order valence-electron chi connectivity index (χ1n) is 9.15. The fraction of sp³-hybridized carbons (Fsp3) is 0.250. The van der Waals surface area contributed by atoms with E-state index in [1.165, 1.54) is 43.0 Å². The van der Waals surface area contributed by atoms with Crippen LogP contribution in [0.15, 0.2) is 53.8 Å². The first kappa shape index (κ1) is 19.6. The van der Waals surface area contributed by atoms with Crippen LogP contribution in [-0.4, -0.2) is 43.3 Å². The summed E-state index contributed by atoms with van der Waals surface area (Å²) in [5, 5.41) is 12.1. The van der Waals surface area contributed by atoms with Gasteiger partial charge in [0, 0.05) is 30.4 Å². The molecule has 3 heterocycles. The van der Waals surface area contributed by atoms with Crippen molar-refractivity contribution >= 4 is 11.9 Å². The van der Waals surface area contributed by atoms with Crippen molar-refractivity contribution in [2.75, 3.05) is 11.9 Å². The van der Waals surface area contributed by atoms with Crippen LogP contribution in [0, 0.1) is 5.82 Å². The molecule has 154 valence electrons. The van der Waals surface area contributed by atoms with E-state index in [9.17, 15) is 18.4 Å². The zero-order valence-electron chi connectivity index (χ0n) is 15.6. The Hall–Kier alpha value is -3.69. The van der Waals surface area contributed by atoms with Gasteiger partial charge in [0.25, 0.3) is 5.56 Å². The Morgan fingerprint density at radius 2 is 1.97 bits per heavy atom. The highest BCUT2D eigenvalue weighted by molar-refractivity contribution is 5.87. The number of carbonyl (C=O) groups is 1. The van der Waals surface area contributed by atoms with Crippen molar-refractivity contribution in [3.63, 3.8) is 0 Å². The van der Waals surface area contributed by atoms with Gasteiger partial charge in [-0.2, -0.15) is 0 Å². The third-order valence-corrected chi connectivity index (χ3v) is 5.14. The van der Waals surface area contributed by atoms with Crippen LogP contribution in [0.25, 0.3) is 5.69 Å². The van der Waals surface area contributed by atoms with Gasteiger partial charge in [-0.05, 0) is 31.0 Å². The number of carboxylic acids is 1. The number of nitrogens with zero attached hydrogens (tertiary/aromatic N) is 4. The van der Waals surface area contributed by atoms with Crippen LogP contribution in [0.4, 0.5) is 14.7 Å². The number of rotatable bonds is 6. The molecule has 0 spiro atoms. The van der Waals surface area contributed by atoms with E-state index in [1.807, 2.05) is 0 Å². The van der Waals surface area contributed by atoms with E-state index in [0.29, 0.717) is 0 Å². The number of hydrogen-bond acceptors (Lipinski definition) is 6. The number of aromatic nitrogens is 4. The molecule has 1 aliphatic rings. The topological polar surface area (TPSA) is 110 Å². The molecule has 0 radical (unpaired) electrons. The Bertz CT molecular complexity index is 1140. The second kappa shape index (κ2) is 7.62. The molecule has 0 amide bonds. The van der Waals surface area contributed by atoms with E-state index in [0.717, 1.165) is 10.6 Å². The van der Waals surface area contributed by atoms with Crippen LogP contribution in [0.5, 0.6) is 0 Å². The maximum Gasteiger partial charge on any atom is 0.337 e. The molecule has 1 aliphatic carbocycles. The molecule has 1 saturated carbocycles. The lowest BCUT2D eigenvalue weighted by atomic mass is 9.65. The first-order valence-corrected chi connectivity index (χ1v) is 9.15. The molecule has 4 rings (SSSR count). The molecule has 2 N–H and O–H groups in total. The molecule has 30 heavy (non-hydrogen) atoms. The minimum absolute atomic E-state index is 0.0538. The Balaban J connectivity index is 1.53. The summed E-state index contributed by atoms with van der Waals surface area (Å²) in [6.07, 6.45) is 4.63. The normalized spacial score (nSPS) is 20.4. The number of halogens is 2. The second-order valence-corrected chi connectivity index (χ2v) is 7.17. The van der Waals surface area contributed by atoms with Gasteiger partial charge in [-0.3, -0.25) is 14.3 Å². The second-order valence-electron chi connectivity index (χ2n) is 7.17. The van der Waals surface area contributed by atoms with Crippen LogP contribution in [0.1, 0.15) is 28.9 Å². The molecule has 8 nitrogen and oxygen atoms in total. The van der Waals surface area contributed by atoms with Gasteiger partial charge in [0.2, 0.25) is 5.95 Å². The lowest BCUT2D eigenvalue weighted by Crippen LogP contribution is -2.49. The van der Waals surface area contributed by atoms with E-state index < -0.39 is 28.9 Å². The highest BCUT2D eigenvalue weighted by Crippen LogP contribution is 2.45. The van der Waals surface area contributed by atoms with Crippen LogP contribution in [-0.2, 0) is 5.41 Å².